The van der Waals surface area contributed by atoms with E-state index >= 15 is 0 Å². The van der Waals surface area contributed by atoms with Gasteiger partial charge in [0.2, 0.25) is 0 Å². The van der Waals surface area contributed by atoms with E-state index in [0.717, 1.165) is 11.5 Å². The predicted molar refractivity (Wildman–Crippen MR) is 50.4 cm³/mol. The van der Waals surface area contributed by atoms with Crippen molar-refractivity contribution in [2.75, 3.05) is 0 Å². The van der Waals surface area contributed by atoms with Gasteiger partial charge in [-0.1, -0.05) is 52.8 Å². The lowest BCUT2D eigenvalue weighted by Crippen LogP contribution is -2.03. The SMILES string of the molecule is C=C(Cl)CC(C)(C)C.CC. The number of hydrogen-bond acceptors (Lipinski definition) is 0. The first-order valence-electron chi connectivity index (χ1n) is 3.75. The minimum Gasteiger partial charge on any atom is -0.0898 e. The van der Waals surface area contributed by atoms with Crippen LogP contribution in [-0.4, -0.2) is 0 Å². The summed E-state index contributed by atoms with van der Waals surface area (Å²) < 4.78 is 0. The Hall–Kier alpha value is 0.0300. The Morgan fingerprint density at radius 1 is 1.30 bits per heavy atom. The fourth-order valence-electron chi connectivity index (χ4n) is 0.575. The summed E-state index contributed by atoms with van der Waals surface area (Å²) in [5.74, 6) is 0. The zero-order valence-corrected chi connectivity index (χ0v) is 8.55. The Bertz CT molecular complexity index is 87.4. The van der Waals surface area contributed by atoms with E-state index < -0.39 is 0 Å². The highest BCUT2D eigenvalue weighted by atomic mass is 35.5. The van der Waals surface area contributed by atoms with Crippen molar-refractivity contribution < 1.29 is 0 Å². The Balaban J connectivity index is 0. The molecule has 0 aliphatic heterocycles. The first-order chi connectivity index (χ1) is 4.42. The molecule has 0 saturated heterocycles. The Morgan fingerprint density at radius 3 is 1.60 bits per heavy atom. The molecule has 0 aromatic carbocycles. The van der Waals surface area contributed by atoms with Crippen LogP contribution in [0.3, 0.4) is 0 Å². The van der Waals surface area contributed by atoms with Crippen molar-refractivity contribution in [2.24, 2.45) is 5.41 Å². The van der Waals surface area contributed by atoms with Gasteiger partial charge in [0, 0.05) is 5.03 Å². The van der Waals surface area contributed by atoms with Gasteiger partial charge in [0.05, 0.1) is 0 Å². The van der Waals surface area contributed by atoms with E-state index in [0.29, 0.717) is 5.41 Å². The van der Waals surface area contributed by atoms with E-state index in [2.05, 4.69) is 27.4 Å². The van der Waals surface area contributed by atoms with Gasteiger partial charge in [-0.3, -0.25) is 0 Å². The smallest absolute Gasteiger partial charge is 0.0114 e. The Morgan fingerprint density at radius 2 is 1.60 bits per heavy atom. The predicted octanol–water partition coefficient (Wildman–Crippen LogP) is 4.20. The standard InChI is InChI=1S/C7H13Cl.C2H6/c1-6(8)5-7(2,3)4;1-2/h1,5H2,2-4H3;1-2H3. The molecule has 0 aliphatic rings. The highest BCUT2D eigenvalue weighted by molar-refractivity contribution is 6.29. The molecule has 62 valence electrons. The minimum atomic E-state index is 0.291. The monoisotopic (exact) mass is 162 g/mol. The first-order valence-corrected chi connectivity index (χ1v) is 4.13. The summed E-state index contributed by atoms with van der Waals surface area (Å²) in [4.78, 5) is 0. The van der Waals surface area contributed by atoms with Crippen molar-refractivity contribution in [1.29, 1.82) is 0 Å². The van der Waals surface area contributed by atoms with Crippen molar-refractivity contribution in [1.82, 2.24) is 0 Å². The van der Waals surface area contributed by atoms with Gasteiger partial charge in [-0.15, -0.1) is 0 Å². The van der Waals surface area contributed by atoms with Crippen LogP contribution >= 0.6 is 11.6 Å². The van der Waals surface area contributed by atoms with E-state index in [4.69, 9.17) is 11.6 Å². The molecule has 1 heteroatoms. The molecule has 0 atom stereocenters. The maximum atomic E-state index is 5.57. The molecule has 0 N–H and O–H groups in total. The van der Waals surface area contributed by atoms with Gasteiger partial charge >= 0.3 is 0 Å². The van der Waals surface area contributed by atoms with Crippen molar-refractivity contribution in [2.45, 2.75) is 41.0 Å². The molecule has 10 heavy (non-hydrogen) atoms. The van der Waals surface area contributed by atoms with Crippen LogP contribution in [0.15, 0.2) is 11.6 Å². The van der Waals surface area contributed by atoms with Gasteiger partial charge in [-0.25, -0.2) is 0 Å². The molecule has 0 spiro atoms. The highest BCUT2D eigenvalue weighted by Crippen LogP contribution is 2.24. The Kier molecular flexibility index (Phi) is 7.34. The maximum absolute atomic E-state index is 5.57. The van der Waals surface area contributed by atoms with Crippen molar-refractivity contribution in [3.8, 4) is 0 Å². The van der Waals surface area contributed by atoms with Crippen LogP contribution in [-0.2, 0) is 0 Å². The molecule has 0 saturated carbocycles. The topological polar surface area (TPSA) is 0 Å². The number of halogens is 1. The lowest BCUT2D eigenvalue weighted by molar-refractivity contribution is 0.417. The molecule has 0 bridgehead atoms. The van der Waals surface area contributed by atoms with Gasteiger partial charge < -0.3 is 0 Å². The molecular weight excluding hydrogens is 144 g/mol. The molecule has 0 aromatic heterocycles. The van der Waals surface area contributed by atoms with Crippen molar-refractivity contribution in [3.63, 3.8) is 0 Å². The molecule has 0 amide bonds. The summed E-state index contributed by atoms with van der Waals surface area (Å²) in [5, 5.41) is 0.748. The fourth-order valence-corrected chi connectivity index (χ4v) is 0.976. The average Bonchev–Trinajstić information content (AvgIpc) is 1.64. The van der Waals surface area contributed by atoms with E-state index in [1.807, 2.05) is 13.8 Å². The van der Waals surface area contributed by atoms with Crippen LogP contribution in [0.25, 0.3) is 0 Å². The quantitative estimate of drug-likeness (QED) is 0.542. The lowest BCUT2D eigenvalue weighted by Gasteiger charge is -2.15. The van der Waals surface area contributed by atoms with E-state index in [1.165, 1.54) is 0 Å². The van der Waals surface area contributed by atoms with Gasteiger partial charge in [0.1, 0.15) is 0 Å². The summed E-state index contributed by atoms with van der Waals surface area (Å²) >= 11 is 5.57. The third kappa shape index (κ3) is 15.7. The average molecular weight is 163 g/mol. The maximum Gasteiger partial charge on any atom is 0.0114 e. The summed E-state index contributed by atoms with van der Waals surface area (Å²) in [6.45, 7) is 14.0. The molecule has 0 nitrogen and oxygen atoms in total. The molecular formula is C9H19Cl. The minimum absolute atomic E-state index is 0.291. The van der Waals surface area contributed by atoms with Gasteiger partial charge in [-0.2, -0.15) is 0 Å². The number of allylic oxidation sites excluding steroid dienone is 1. The summed E-state index contributed by atoms with van der Waals surface area (Å²) in [6.07, 6.45) is 0.897. The lowest BCUT2D eigenvalue weighted by atomic mass is 9.92. The van der Waals surface area contributed by atoms with Crippen LogP contribution < -0.4 is 0 Å². The van der Waals surface area contributed by atoms with Gasteiger partial charge in [-0.05, 0) is 11.8 Å². The van der Waals surface area contributed by atoms with Gasteiger partial charge in [0.15, 0.2) is 0 Å². The van der Waals surface area contributed by atoms with Crippen LogP contribution in [0.2, 0.25) is 0 Å². The van der Waals surface area contributed by atoms with Crippen LogP contribution in [0, 0.1) is 5.41 Å². The molecule has 0 aromatic rings. The Labute approximate surface area is 70.3 Å². The second kappa shape index (κ2) is 5.79. The normalized spacial score (nSPS) is 9.80. The third-order valence-electron chi connectivity index (χ3n) is 0.722. The van der Waals surface area contributed by atoms with Crippen molar-refractivity contribution in [3.05, 3.63) is 11.6 Å². The molecule has 0 rings (SSSR count). The van der Waals surface area contributed by atoms with Gasteiger partial charge in [0.25, 0.3) is 0 Å². The van der Waals surface area contributed by atoms with Crippen LogP contribution in [0.1, 0.15) is 41.0 Å². The molecule has 0 aliphatic carbocycles. The van der Waals surface area contributed by atoms with E-state index in [9.17, 15) is 0 Å². The zero-order valence-electron chi connectivity index (χ0n) is 7.79. The van der Waals surface area contributed by atoms with Crippen LogP contribution in [0.5, 0.6) is 0 Å². The largest absolute Gasteiger partial charge is 0.0898 e. The fraction of sp³-hybridized carbons (Fsp3) is 0.778. The summed E-state index contributed by atoms with van der Waals surface area (Å²) in [7, 11) is 0. The molecule has 0 fully saturated rings. The highest BCUT2D eigenvalue weighted by Gasteiger charge is 2.09. The molecule has 0 unspecified atom stereocenters. The second-order valence-electron chi connectivity index (χ2n) is 3.25. The molecule has 0 heterocycles. The van der Waals surface area contributed by atoms with Crippen molar-refractivity contribution >= 4 is 11.6 Å². The summed E-state index contributed by atoms with van der Waals surface area (Å²) in [5.41, 5.74) is 0.291. The summed E-state index contributed by atoms with van der Waals surface area (Å²) in [6, 6.07) is 0. The van der Waals surface area contributed by atoms with E-state index in [-0.39, 0.29) is 0 Å². The van der Waals surface area contributed by atoms with Crippen LogP contribution in [0.4, 0.5) is 0 Å². The first kappa shape index (κ1) is 12.7. The third-order valence-corrected chi connectivity index (χ3v) is 0.856. The second-order valence-corrected chi connectivity index (χ2v) is 3.79. The zero-order chi connectivity index (χ0) is 8.78. The number of rotatable bonds is 1. The van der Waals surface area contributed by atoms with E-state index in [1.54, 1.807) is 0 Å². The number of hydrogen-bond donors (Lipinski definition) is 0. The molecule has 0 radical (unpaired) electrons.